The molecular formula is C13H12BrNO4S2. The van der Waals surface area contributed by atoms with Crippen LogP contribution in [-0.2, 0) is 14.8 Å². The Morgan fingerprint density at radius 2 is 2.05 bits per heavy atom. The number of ether oxygens (including phenoxy) is 1. The minimum Gasteiger partial charge on any atom is -0.465 e. The van der Waals surface area contributed by atoms with Crippen LogP contribution in [0.15, 0.2) is 38.3 Å². The van der Waals surface area contributed by atoms with Gasteiger partial charge in [-0.3, -0.25) is 4.72 Å². The number of thiophene rings is 1. The van der Waals surface area contributed by atoms with Crippen LogP contribution in [0.1, 0.15) is 15.9 Å². The number of carbonyl (C=O) groups is 1. The number of halogens is 1. The van der Waals surface area contributed by atoms with Crippen molar-refractivity contribution < 1.29 is 17.9 Å². The fourth-order valence-corrected chi connectivity index (χ4v) is 5.11. The summed E-state index contributed by atoms with van der Waals surface area (Å²) in [7, 11) is -2.52. The Hall–Kier alpha value is -1.38. The molecule has 0 aliphatic carbocycles. The first kappa shape index (κ1) is 16.0. The monoisotopic (exact) mass is 389 g/mol. The molecule has 0 spiro atoms. The highest BCUT2D eigenvalue weighted by Gasteiger charge is 2.22. The quantitative estimate of drug-likeness (QED) is 0.813. The van der Waals surface area contributed by atoms with Crippen LogP contribution < -0.4 is 4.72 Å². The van der Waals surface area contributed by atoms with Gasteiger partial charge < -0.3 is 4.74 Å². The molecule has 21 heavy (non-hydrogen) atoms. The smallest absolute Gasteiger partial charge is 0.340 e. The van der Waals surface area contributed by atoms with Crippen molar-refractivity contribution in [2.45, 2.75) is 11.1 Å². The lowest BCUT2D eigenvalue weighted by atomic mass is 10.1. The van der Waals surface area contributed by atoms with E-state index in [2.05, 4.69) is 25.4 Å². The van der Waals surface area contributed by atoms with Crippen LogP contribution in [0.2, 0.25) is 0 Å². The molecule has 1 N–H and O–H groups in total. The van der Waals surface area contributed by atoms with Crippen LogP contribution in [0.3, 0.4) is 0 Å². The summed E-state index contributed by atoms with van der Waals surface area (Å²) in [5.41, 5.74) is 1.19. The number of methoxy groups -OCH3 is 1. The molecule has 0 aliphatic heterocycles. The standard InChI is InChI=1S/C13H12BrNO4S2/c1-8-3-4-11(9(7-8)12(16)19-2)15-21(17,18)13-10(14)5-6-20-13/h3-7,15H,1-2H3. The second kappa shape index (κ2) is 6.17. The average Bonchev–Trinajstić information content (AvgIpc) is 2.87. The number of nitrogens with one attached hydrogen (secondary N) is 1. The Morgan fingerprint density at radius 3 is 2.62 bits per heavy atom. The maximum atomic E-state index is 12.3. The minimum absolute atomic E-state index is 0.152. The third kappa shape index (κ3) is 3.45. The molecule has 0 unspecified atom stereocenters. The van der Waals surface area contributed by atoms with E-state index in [4.69, 9.17) is 0 Å². The molecule has 0 saturated heterocycles. The van der Waals surface area contributed by atoms with Gasteiger partial charge in [0, 0.05) is 4.47 Å². The molecule has 2 rings (SSSR count). The normalized spacial score (nSPS) is 11.2. The molecular weight excluding hydrogens is 378 g/mol. The third-order valence-electron chi connectivity index (χ3n) is 2.65. The second-order valence-corrected chi connectivity index (χ2v) is 7.85. The van der Waals surface area contributed by atoms with Crippen LogP contribution in [0.5, 0.6) is 0 Å². The molecule has 112 valence electrons. The number of hydrogen-bond donors (Lipinski definition) is 1. The van der Waals surface area contributed by atoms with Gasteiger partial charge in [-0.15, -0.1) is 11.3 Å². The van der Waals surface area contributed by atoms with E-state index in [0.29, 0.717) is 4.47 Å². The lowest BCUT2D eigenvalue weighted by Crippen LogP contribution is -2.15. The van der Waals surface area contributed by atoms with Gasteiger partial charge in [-0.2, -0.15) is 0 Å². The van der Waals surface area contributed by atoms with Crippen LogP contribution in [0.4, 0.5) is 5.69 Å². The molecule has 0 amide bonds. The third-order valence-corrected chi connectivity index (χ3v) is 6.69. The van der Waals surface area contributed by atoms with Crippen molar-refractivity contribution in [3.63, 3.8) is 0 Å². The molecule has 5 nitrogen and oxygen atoms in total. The molecule has 1 aromatic heterocycles. The molecule has 0 radical (unpaired) electrons. The lowest BCUT2D eigenvalue weighted by Gasteiger charge is -2.11. The average molecular weight is 390 g/mol. The zero-order chi connectivity index (χ0) is 15.6. The Kier molecular flexibility index (Phi) is 4.70. The van der Waals surface area contributed by atoms with Crippen molar-refractivity contribution in [1.82, 2.24) is 0 Å². The summed E-state index contributed by atoms with van der Waals surface area (Å²) in [6, 6.07) is 6.48. The van der Waals surface area contributed by atoms with Crippen LogP contribution >= 0.6 is 27.3 Å². The Bertz CT molecular complexity index is 783. The van der Waals surface area contributed by atoms with E-state index in [-0.39, 0.29) is 15.5 Å². The fourth-order valence-electron chi connectivity index (χ4n) is 1.69. The molecule has 0 atom stereocenters. The topological polar surface area (TPSA) is 72.5 Å². The van der Waals surface area contributed by atoms with Gasteiger partial charge in [0.15, 0.2) is 4.21 Å². The Labute approximate surface area is 135 Å². The first-order valence-corrected chi connectivity index (χ1v) is 8.95. The summed E-state index contributed by atoms with van der Waals surface area (Å²) in [6.45, 7) is 1.81. The van der Waals surface area contributed by atoms with Crippen LogP contribution in [0, 0.1) is 6.92 Å². The van der Waals surface area contributed by atoms with Crippen molar-refractivity contribution in [2.24, 2.45) is 0 Å². The number of aryl methyl sites for hydroxylation is 1. The van der Waals surface area contributed by atoms with E-state index in [1.807, 2.05) is 0 Å². The molecule has 8 heteroatoms. The molecule has 0 saturated carbocycles. The highest BCUT2D eigenvalue weighted by atomic mass is 79.9. The van der Waals surface area contributed by atoms with Crippen molar-refractivity contribution in [3.8, 4) is 0 Å². The first-order valence-electron chi connectivity index (χ1n) is 5.80. The molecule has 1 aromatic carbocycles. The van der Waals surface area contributed by atoms with Gasteiger partial charge in [0.1, 0.15) is 0 Å². The van der Waals surface area contributed by atoms with Gasteiger partial charge in [-0.25, -0.2) is 13.2 Å². The summed E-state index contributed by atoms with van der Waals surface area (Å²) in [4.78, 5) is 11.8. The van der Waals surface area contributed by atoms with E-state index in [1.165, 1.54) is 7.11 Å². The fraction of sp³-hybridized carbons (Fsp3) is 0.154. The number of esters is 1. The zero-order valence-corrected chi connectivity index (χ0v) is 14.4. The number of anilines is 1. The van der Waals surface area contributed by atoms with Gasteiger partial charge in [0.2, 0.25) is 0 Å². The van der Waals surface area contributed by atoms with E-state index in [1.54, 1.807) is 36.6 Å². The highest BCUT2D eigenvalue weighted by molar-refractivity contribution is 9.10. The number of hydrogen-bond acceptors (Lipinski definition) is 5. The molecule has 0 bridgehead atoms. The zero-order valence-electron chi connectivity index (χ0n) is 11.2. The van der Waals surface area contributed by atoms with Crippen LogP contribution in [0.25, 0.3) is 0 Å². The molecule has 0 aliphatic rings. The van der Waals surface area contributed by atoms with Crippen molar-refractivity contribution in [1.29, 1.82) is 0 Å². The molecule has 1 heterocycles. The number of benzene rings is 1. The maximum absolute atomic E-state index is 12.3. The van der Waals surface area contributed by atoms with E-state index >= 15 is 0 Å². The number of rotatable bonds is 4. The molecule has 2 aromatic rings. The minimum atomic E-state index is -3.76. The van der Waals surface area contributed by atoms with E-state index < -0.39 is 16.0 Å². The number of sulfonamides is 1. The van der Waals surface area contributed by atoms with Gasteiger partial charge >= 0.3 is 5.97 Å². The second-order valence-electron chi connectivity index (χ2n) is 4.20. The van der Waals surface area contributed by atoms with Gasteiger partial charge in [0.05, 0.1) is 18.4 Å². The number of carbonyl (C=O) groups excluding carboxylic acids is 1. The van der Waals surface area contributed by atoms with E-state index in [9.17, 15) is 13.2 Å². The lowest BCUT2D eigenvalue weighted by molar-refractivity contribution is 0.0602. The molecule has 0 fully saturated rings. The van der Waals surface area contributed by atoms with Gasteiger partial charge in [-0.1, -0.05) is 11.6 Å². The Balaban J connectivity index is 2.45. The summed E-state index contributed by atoms with van der Waals surface area (Å²) in [5, 5.41) is 1.66. The van der Waals surface area contributed by atoms with E-state index in [0.717, 1.165) is 16.9 Å². The van der Waals surface area contributed by atoms with Crippen molar-refractivity contribution in [3.05, 3.63) is 45.2 Å². The van der Waals surface area contributed by atoms with Crippen molar-refractivity contribution >= 4 is 48.9 Å². The predicted octanol–water partition coefficient (Wildman–Crippen LogP) is 3.41. The maximum Gasteiger partial charge on any atom is 0.340 e. The summed E-state index contributed by atoms with van der Waals surface area (Å²) < 4.78 is 32.4. The largest absolute Gasteiger partial charge is 0.465 e. The van der Waals surface area contributed by atoms with Crippen molar-refractivity contribution in [2.75, 3.05) is 11.8 Å². The summed E-state index contributed by atoms with van der Waals surface area (Å²) in [5.74, 6) is -0.596. The van der Waals surface area contributed by atoms with Crippen LogP contribution in [-0.4, -0.2) is 21.5 Å². The highest BCUT2D eigenvalue weighted by Crippen LogP contribution is 2.30. The first-order chi connectivity index (χ1) is 9.85. The van der Waals surface area contributed by atoms with Gasteiger partial charge in [0.25, 0.3) is 10.0 Å². The van der Waals surface area contributed by atoms with Gasteiger partial charge in [-0.05, 0) is 46.4 Å². The SMILES string of the molecule is COC(=O)c1cc(C)ccc1NS(=O)(=O)c1sccc1Br. The summed E-state index contributed by atoms with van der Waals surface area (Å²) >= 11 is 4.27. The Morgan fingerprint density at radius 1 is 1.33 bits per heavy atom. The predicted molar refractivity (Wildman–Crippen MR) is 85.3 cm³/mol. The summed E-state index contributed by atoms with van der Waals surface area (Å²) in [6.07, 6.45) is 0.